The fourth-order valence-electron chi connectivity index (χ4n) is 3.55. The first-order valence-electron chi connectivity index (χ1n) is 10.3. The van der Waals surface area contributed by atoms with Crippen molar-refractivity contribution in [2.75, 3.05) is 18.5 Å². The van der Waals surface area contributed by atoms with E-state index < -0.39 is 30.3 Å². The lowest BCUT2D eigenvalue weighted by molar-refractivity contribution is 0.176. The van der Waals surface area contributed by atoms with Crippen molar-refractivity contribution in [2.45, 2.75) is 19.0 Å². The Morgan fingerprint density at radius 3 is 2.79 bits per heavy atom. The summed E-state index contributed by atoms with van der Waals surface area (Å²) in [6.45, 7) is 0.136. The van der Waals surface area contributed by atoms with Crippen molar-refractivity contribution in [2.24, 2.45) is 0 Å². The highest BCUT2D eigenvalue weighted by atomic mass is 35.5. The van der Waals surface area contributed by atoms with Gasteiger partial charge in [0.25, 0.3) is 0 Å². The summed E-state index contributed by atoms with van der Waals surface area (Å²) in [6, 6.07) is 8.66. The molecule has 2 aromatic carbocycles. The molecule has 3 aromatic rings. The molecule has 1 atom stereocenters. The minimum absolute atomic E-state index is 0.0515. The van der Waals surface area contributed by atoms with Gasteiger partial charge in [-0.25, -0.2) is 23.5 Å². The Balaban J connectivity index is 1.46. The topological polar surface area (TPSA) is 114 Å². The number of hydrogen-bond acceptors (Lipinski definition) is 6. The Morgan fingerprint density at radius 2 is 2.09 bits per heavy atom. The highest BCUT2D eigenvalue weighted by Crippen LogP contribution is 2.24. The smallest absolute Gasteiger partial charge is 0.318 e. The van der Waals surface area contributed by atoms with Gasteiger partial charge >= 0.3 is 6.03 Å². The lowest BCUT2D eigenvalue weighted by atomic mass is 10.1. The van der Waals surface area contributed by atoms with E-state index in [0.717, 1.165) is 11.6 Å². The summed E-state index contributed by atoms with van der Waals surface area (Å²) in [5.41, 5.74) is 2.14. The molecule has 0 bridgehead atoms. The summed E-state index contributed by atoms with van der Waals surface area (Å²) >= 11 is 5.71. The second kappa shape index (κ2) is 9.99. The number of nitrogens with zero attached hydrogens (tertiary/aromatic N) is 4. The highest BCUT2D eigenvalue weighted by Gasteiger charge is 2.25. The number of aromatic nitrogens is 2. The van der Waals surface area contributed by atoms with Crippen LogP contribution in [0.1, 0.15) is 28.4 Å². The number of aliphatic hydroxyl groups excluding tert-OH is 1. The second-order valence-corrected chi connectivity index (χ2v) is 8.03. The Hall–Kier alpha value is -3.81. The average Bonchev–Trinajstić information content (AvgIpc) is 2.84. The number of rotatable bonds is 5. The van der Waals surface area contributed by atoms with E-state index in [-0.39, 0.29) is 28.8 Å². The van der Waals surface area contributed by atoms with Crippen LogP contribution in [0.3, 0.4) is 0 Å². The van der Waals surface area contributed by atoms with Crippen LogP contribution in [0.25, 0.3) is 0 Å². The molecule has 2 amide bonds. The molecular formula is C23H19ClF2N6O2. The molecule has 1 aliphatic heterocycles. The van der Waals surface area contributed by atoms with Crippen molar-refractivity contribution in [1.82, 2.24) is 20.2 Å². The van der Waals surface area contributed by atoms with Gasteiger partial charge in [0.15, 0.2) is 0 Å². The van der Waals surface area contributed by atoms with Crippen LogP contribution < -0.4 is 10.6 Å². The summed E-state index contributed by atoms with van der Waals surface area (Å²) in [6.07, 6.45) is 2.13. The maximum absolute atomic E-state index is 14.2. The van der Waals surface area contributed by atoms with Crippen LogP contribution >= 0.6 is 11.6 Å². The molecule has 0 unspecified atom stereocenters. The Kier molecular flexibility index (Phi) is 6.86. The predicted octanol–water partition coefficient (Wildman–Crippen LogP) is 3.82. The third kappa shape index (κ3) is 5.06. The minimum Gasteiger partial charge on any atom is -0.394 e. The number of nitrogens with one attached hydrogen (secondary N) is 2. The number of amides is 2. The molecule has 0 saturated carbocycles. The number of benzene rings is 2. The standard InChI is InChI=1S/C23H19ClF2N6O2/c24-16-3-2-14(8-17(16)25)21(12-33)31-23(34)32-6-5-15-10-28-22(30-20(15)11-32)29-19-4-1-13(9-27)7-18(19)26/h1-4,7-8,10,21,33H,5-6,11-12H2,(H,31,34)(H,28,29,30)/t21-/m1/s1. The van der Waals surface area contributed by atoms with Crippen molar-refractivity contribution >= 4 is 29.3 Å². The number of halogens is 3. The van der Waals surface area contributed by atoms with Crippen LogP contribution in [0.5, 0.6) is 0 Å². The second-order valence-electron chi connectivity index (χ2n) is 7.63. The molecule has 0 spiro atoms. The van der Waals surface area contributed by atoms with Gasteiger partial charge in [0, 0.05) is 12.7 Å². The quantitative estimate of drug-likeness (QED) is 0.507. The molecular weight excluding hydrogens is 466 g/mol. The van der Waals surface area contributed by atoms with E-state index in [0.29, 0.717) is 24.2 Å². The molecule has 1 aromatic heterocycles. The predicted molar refractivity (Wildman–Crippen MR) is 120 cm³/mol. The Bertz CT molecular complexity index is 1280. The maximum atomic E-state index is 14.2. The van der Waals surface area contributed by atoms with Crippen LogP contribution in [0, 0.1) is 23.0 Å². The number of carbonyl (C=O) groups is 1. The maximum Gasteiger partial charge on any atom is 0.318 e. The molecule has 0 fully saturated rings. The summed E-state index contributed by atoms with van der Waals surface area (Å²) in [4.78, 5) is 23.0. The van der Waals surface area contributed by atoms with Gasteiger partial charge < -0.3 is 20.6 Å². The van der Waals surface area contributed by atoms with E-state index in [9.17, 15) is 18.7 Å². The summed E-state index contributed by atoms with van der Waals surface area (Å²) in [5.74, 6) is -1.11. The molecule has 34 heavy (non-hydrogen) atoms. The van der Waals surface area contributed by atoms with Crippen LogP contribution in [0.2, 0.25) is 5.02 Å². The number of aliphatic hydroxyl groups is 1. The number of urea groups is 1. The van der Waals surface area contributed by atoms with Gasteiger partial charge in [-0.1, -0.05) is 17.7 Å². The Labute approximate surface area is 198 Å². The largest absolute Gasteiger partial charge is 0.394 e. The van der Waals surface area contributed by atoms with Gasteiger partial charge in [-0.05, 0) is 47.9 Å². The number of fused-ring (bicyclic) bond motifs is 1. The lowest BCUT2D eigenvalue weighted by Crippen LogP contribution is -2.45. The van der Waals surface area contributed by atoms with Crippen LogP contribution in [0.15, 0.2) is 42.6 Å². The van der Waals surface area contributed by atoms with Crippen LogP contribution in [-0.2, 0) is 13.0 Å². The third-order valence-electron chi connectivity index (χ3n) is 5.40. The fourth-order valence-corrected chi connectivity index (χ4v) is 3.66. The van der Waals surface area contributed by atoms with Crippen LogP contribution in [0.4, 0.5) is 25.2 Å². The monoisotopic (exact) mass is 484 g/mol. The van der Waals surface area contributed by atoms with Gasteiger partial charge in [0.1, 0.15) is 11.6 Å². The molecule has 3 N–H and O–H groups in total. The Morgan fingerprint density at radius 1 is 1.26 bits per heavy atom. The lowest BCUT2D eigenvalue weighted by Gasteiger charge is -2.30. The molecule has 8 nitrogen and oxygen atoms in total. The normalized spacial score (nSPS) is 13.6. The van der Waals surface area contributed by atoms with E-state index in [4.69, 9.17) is 16.9 Å². The first-order valence-corrected chi connectivity index (χ1v) is 10.7. The summed E-state index contributed by atoms with van der Waals surface area (Å²) in [7, 11) is 0. The summed E-state index contributed by atoms with van der Waals surface area (Å²) in [5, 5.41) is 24.0. The molecule has 2 heterocycles. The molecule has 4 rings (SSSR count). The van der Waals surface area contributed by atoms with E-state index in [1.165, 1.54) is 35.2 Å². The van der Waals surface area contributed by atoms with E-state index in [1.807, 2.05) is 6.07 Å². The number of hydrogen-bond donors (Lipinski definition) is 3. The van der Waals surface area contributed by atoms with Crippen molar-refractivity contribution in [3.63, 3.8) is 0 Å². The van der Waals surface area contributed by atoms with Gasteiger partial charge in [-0.2, -0.15) is 5.26 Å². The molecule has 1 aliphatic rings. The zero-order valence-corrected chi connectivity index (χ0v) is 18.5. The molecule has 0 saturated heterocycles. The molecule has 0 aliphatic carbocycles. The third-order valence-corrected chi connectivity index (χ3v) is 5.71. The first-order chi connectivity index (χ1) is 16.4. The van der Waals surface area contributed by atoms with E-state index in [2.05, 4.69) is 20.6 Å². The molecule has 0 radical (unpaired) electrons. The van der Waals surface area contributed by atoms with E-state index in [1.54, 1.807) is 6.20 Å². The van der Waals surface area contributed by atoms with Crippen molar-refractivity contribution in [3.05, 3.63) is 81.6 Å². The van der Waals surface area contributed by atoms with Gasteiger partial charge in [0.05, 0.1) is 47.2 Å². The van der Waals surface area contributed by atoms with Crippen molar-refractivity contribution < 1.29 is 18.7 Å². The zero-order valence-electron chi connectivity index (χ0n) is 17.7. The number of anilines is 2. The minimum atomic E-state index is -0.817. The zero-order chi connectivity index (χ0) is 24.2. The number of carbonyl (C=O) groups excluding carboxylic acids is 1. The number of nitriles is 1. The molecule has 174 valence electrons. The average molecular weight is 485 g/mol. The summed E-state index contributed by atoms with van der Waals surface area (Å²) < 4.78 is 28.0. The highest BCUT2D eigenvalue weighted by molar-refractivity contribution is 6.30. The van der Waals surface area contributed by atoms with E-state index >= 15 is 0 Å². The molecule has 11 heteroatoms. The first kappa shape index (κ1) is 23.4. The van der Waals surface area contributed by atoms with Crippen molar-refractivity contribution in [3.8, 4) is 6.07 Å². The van der Waals surface area contributed by atoms with Crippen LogP contribution in [-0.4, -0.2) is 39.2 Å². The van der Waals surface area contributed by atoms with Gasteiger partial charge in [-0.3, -0.25) is 0 Å². The van der Waals surface area contributed by atoms with Gasteiger partial charge in [-0.15, -0.1) is 0 Å². The van der Waals surface area contributed by atoms with Gasteiger partial charge in [0.2, 0.25) is 5.95 Å². The SMILES string of the molecule is N#Cc1ccc(Nc2ncc3c(n2)CN(C(=O)N[C@H](CO)c2ccc(Cl)c(F)c2)CC3)c(F)c1. The van der Waals surface area contributed by atoms with Crippen molar-refractivity contribution in [1.29, 1.82) is 5.26 Å². The fraction of sp³-hybridized carbons (Fsp3) is 0.217.